The Morgan fingerprint density at radius 3 is 2.84 bits per heavy atom. The van der Waals surface area contributed by atoms with E-state index < -0.39 is 0 Å². The third-order valence-corrected chi connectivity index (χ3v) is 8.82. The maximum atomic E-state index is 11.9. The van der Waals surface area contributed by atoms with Gasteiger partial charge in [0.15, 0.2) is 5.78 Å². The molecule has 3 fully saturated rings. The Balaban J connectivity index is 1.68. The average molecular weight is 341 g/mol. The second-order valence-electron chi connectivity index (χ2n) is 9.55. The summed E-state index contributed by atoms with van der Waals surface area (Å²) in [6, 6.07) is 0. The molecule has 0 bridgehead atoms. The van der Waals surface area contributed by atoms with Crippen LogP contribution in [0.3, 0.4) is 0 Å². The van der Waals surface area contributed by atoms with Gasteiger partial charge in [0.25, 0.3) is 0 Å². The molecule has 0 aromatic carbocycles. The van der Waals surface area contributed by atoms with Crippen molar-refractivity contribution in [3.8, 4) is 12.3 Å². The highest BCUT2D eigenvalue weighted by Gasteiger charge is 2.62. The first-order valence-corrected chi connectivity index (χ1v) is 10.3. The smallest absolute Gasteiger partial charge is 0.155 e. The average Bonchev–Trinajstić information content (AvgIpc) is 2.88. The lowest BCUT2D eigenvalue weighted by Crippen LogP contribution is -2.51. The van der Waals surface area contributed by atoms with Gasteiger partial charge in [-0.1, -0.05) is 25.3 Å². The van der Waals surface area contributed by atoms with Crippen LogP contribution >= 0.6 is 0 Å². The summed E-state index contributed by atoms with van der Waals surface area (Å²) in [6.45, 7) is 5.04. The minimum absolute atomic E-state index is 0.115. The predicted octanol–water partition coefficient (Wildman–Crippen LogP) is 4.38. The van der Waals surface area contributed by atoms with E-state index in [0.717, 1.165) is 43.9 Å². The van der Waals surface area contributed by atoms with Gasteiger partial charge in [0.1, 0.15) is 0 Å². The van der Waals surface area contributed by atoms with Gasteiger partial charge in [-0.05, 0) is 86.0 Å². The number of allylic oxidation sites excluding steroid dienone is 1. The molecule has 0 amide bonds. The summed E-state index contributed by atoms with van der Waals surface area (Å²) in [5.41, 5.74) is 1.51. The van der Waals surface area contributed by atoms with Gasteiger partial charge in [-0.2, -0.15) is 0 Å². The molecule has 7 atom stereocenters. The van der Waals surface area contributed by atoms with Crippen LogP contribution in [0.2, 0.25) is 0 Å². The molecule has 2 heteroatoms. The summed E-state index contributed by atoms with van der Waals surface area (Å²) in [6.07, 6.45) is 16.4. The number of aliphatic hydroxyl groups excluding tert-OH is 1. The Labute approximate surface area is 152 Å². The molecule has 4 rings (SSSR count). The molecule has 0 saturated heterocycles. The largest absolute Gasteiger partial charge is 0.396 e. The van der Waals surface area contributed by atoms with E-state index in [2.05, 4.69) is 19.8 Å². The Bertz CT molecular complexity index is 641. The van der Waals surface area contributed by atoms with Gasteiger partial charge in [0.05, 0.1) is 0 Å². The van der Waals surface area contributed by atoms with Gasteiger partial charge in [0.2, 0.25) is 0 Å². The van der Waals surface area contributed by atoms with Crippen LogP contribution in [-0.2, 0) is 4.79 Å². The second kappa shape index (κ2) is 5.98. The SMILES string of the molecule is C#C[C@@]1(CCO)CCC2C3C(CC[C@@]21C)C1CCC(=O)C=C1C[C@H]3C. The molecule has 4 unspecified atom stereocenters. The Kier molecular flexibility index (Phi) is 4.15. The quantitative estimate of drug-likeness (QED) is 0.758. The van der Waals surface area contributed by atoms with E-state index in [4.69, 9.17) is 6.42 Å². The number of carbonyl (C=O) groups excluding carboxylic acids is 1. The van der Waals surface area contributed by atoms with Gasteiger partial charge in [-0.3, -0.25) is 4.79 Å². The highest BCUT2D eigenvalue weighted by molar-refractivity contribution is 5.91. The lowest BCUT2D eigenvalue weighted by atomic mass is 9.46. The van der Waals surface area contributed by atoms with Crippen LogP contribution in [-0.4, -0.2) is 17.5 Å². The topological polar surface area (TPSA) is 37.3 Å². The third kappa shape index (κ3) is 2.31. The van der Waals surface area contributed by atoms with Crippen molar-refractivity contribution >= 4 is 5.78 Å². The Hall–Kier alpha value is -1.07. The van der Waals surface area contributed by atoms with E-state index in [1.54, 1.807) is 0 Å². The van der Waals surface area contributed by atoms with Crippen LogP contribution in [0.15, 0.2) is 11.6 Å². The van der Waals surface area contributed by atoms with Crippen molar-refractivity contribution in [3.63, 3.8) is 0 Å². The molecule has 0 aliphatic heterocycles. The van der Waals surface area contributed by atoms with Crippen molar-refractivity contribution in [2.45, 2.75) is 65.2 Å². The number of hydrogen-bond donors (Lipinski definition) is 1. The summed E-state index contributed by atoms with van der Waals surface area (Å²) >= 11 is 0. The van der Waals surface area contributed by atoms with E-state index in [1.807, 2.05) is 6.08 Å². The minimum Gasteiger partial charge on any atom is -0.396 e. The maximum Gasteiger partial charge on any atom is 0.155 e. The van der Waals surface area contributed by atoms with Crippen molar-refractivity contribution in [1.29, 1.82) is 0 Å². The molecular weight excluding hydrogens is 308 g/mol. The first kappa shape index (κ1) is 17.3. The number of carbonyl (C=O) groups is 1. The third-order valence-electron chi connectivity index (χ3n) is 8.82. The van der Waals surface area contributed by atoms with E-state index in [-0.39, 0.29) is 17.4 Å². The number of aliphatic hydroxyl groups is 1. The molecule has 2 nitrogen and oxygen atoms in total. The normalized spacial score (nSPS) is 48.8. The zero-order chi connectivity index (χ0) is 17.8. The summed E-state index contributed by atoms with van der Waals surface area (Å²) in [5.74, 6) is 6.96. The van der Waals surface area contributed by atoms with Crippen LogP contribution < -0.4 is 0 Å². The summed E-state index contributed by atoms with van der Waals surface area (Å²) in [7, 11) is 0. The maximum absolute atomic E-state index is 11.9. The molecule has 0 radical (unpaired) electrons. The molecule has 25 heavy (non-hydrogen) atoms. The van der Waals surface area contributed by atoms with Crippen molar-refractivity contribution < 1.29 is 9.90 Å². The van der Waals surface area contributed by atoms with Crippen molar-refractivity contribution in [2.75, 3.05) is 6.61 Å². The number of fused-ring (bicyclic) bond motifs is 5. The van der Waals surface area contributed by atoms with Crippen LogP contribution in [0, 0.1) is 52.8 Å². The fraction of sp³-hybridized carbons (Fsp3) is 0.783. The summed E-state index contributed by atoms with van der Waals surface area (Å²) in [5, 5.41) is 9.66. The molecule has 0 heterocycles. The second-order valence-corrected chi connectivity index (χ2v) is 9.55. The number of rotatable bonds is 2. The Morgan fingerprint density at radius 1 is 1.32 bits per heavy atom. The molecule has 3 saturated carbocycles. The highest BCUT2D eigenvalue weighted by Crippen LogP contribution is 2.69. The first-order valence-electron chi connectivity index (χ1n) is 10.3. The minimum atomic E-state index is -0.115. The number of hydrogen-bond acceptors (Lipinski definition) is 2. The van der Waals surface area contributed by atoms with E-state index in [9.17, 15) is 9.90 Å². The molecule has 1 N–H and O–H groups in total. The standard InChI is InChI=1S/C23H32O2/c1-4-23(11-12-24)10-8-20-21-15(2)13-16-14-17(25)5-6-18(16)19(21)7-9-22(20,23)3/h1,14-15,18-21,24H,5-13H2,2-3H3/t15-,18?,19?,20?,21?,22+,23+/m1/s1. The molecule has 0 aromatic rings. The number of terminal acetylenes is 1. The van der Waals surface area contributed by atoms with E-state index in [1.165, 1.54) is 24.8 Å². The van der Waals surface area contributed by atoms with E-state index >= 15 is 0 Å². The fourth-order valence-electron chi connectivity index (χ4n) is 7.64. The monoisotopic (exact) mass is 340 g/mol. The zero-order valence-electron chi connectivity index (χ0n) is 15.8. The van der Waals surface area contributed by atoms with Crippen LogP contribution in [0.4, 0.5) is 0 Å². The van der Waals surface area contributed by atoms with Crippen LogP contribution in [0.25, 0.3) is 0 Å². The van der Waals surface area contributed by atoms with Gasteiger partial charge in [-0.15, -0.1) is 6.42 Å². The molecule has 136 valence electrons. The highest BCUT2D eigenvalue weighted by atomic mass is 16.3. The van der Waals surface area contributed by atoms with Crippen molar-refractivity contribution in [1.82, 2.24) is 0 Å². The van der Waals surface area contributed by atoms with Crippen LogP contribution in [0.1, 0.15) is 65.2 Å². The predicted molar refractivity (Wildman–Crippen MR) is 99.6 cm³/mol. The van der Waals surface area contributed by atoms with Gasteiger partial charge in [0, 0.05) is 18.4 Å². The summed E-state index contributed by atoms with van der Waals surface area (Å²) in [4.78, 5) is 11.9. The lowest BCUT2D eigenvalue weighted by molar-refractivity contribution is -0.116. The number of ketones is 1. The molecule has 4 aliphatic carbocycles. The molecule has 0 spiro atoms. The summed E-state index contributed by atoms with van der Waals surface area (Å²) < 4.78 is 0. The molecular formula is C23H32O2. The molecule has 0 aromatic heterocycles. The lowest BCUT2D eigenvalue weighted by Gasteiger charge is -2.58. The van der Waals surface area contributed by atoms with Crippen molar-refractivity contribution in [3.05, 3.63) is 11.6 Å². The van der Waals surface area contributed by atoms with Crippen molar-refractivity contribution in [2.24, 2.45) is 40.4 Å². The molecule has 4 aliphatic rings. The Morgan fingerprint density at radius 2 is 2.12 bits per heavy atom. The fourth-order valence-corrected chi connectivity index (χ4v) is 7.64. The zero-order valence-corrected chi connectivity index (χ0v) is 15.8. The van der Waals surface area contributed by atoms with Gasteiger partial charge >= 0.3 is 0 Å². The van der Waals surface area contributed by atoms with Gasteiger partial charge < -0.3 is 5.11 Å². The van der Waals surface area contributed by atoms with Gasteiger partial charge in [-0.25, -0.2) is 0 Å². The first-order chi connectivity index (χ1) is 12.0. The van der Waals surface area contributed by atoms with Crippen LogP contribution in [0.5, 0.6) is 0 Å². The van der Waals surface area contributed by atoms with E-state index in [0.29, 0.717) is 23.5 Å².